The van der Waals surface area contributed by atoms with Gasteiger partial charge in [-0.25, -0.2) is 9.78 Å². The molecule has 0 amide bonds. The van der Waals surface area contributed by atoms with Crippen molar-refractivity contribution in [2.75, 3.05) is 0 Å². The molecule has 0 aliphatic heterocycles. The van der Waals surface area contributed by atoms with E-state index in [2.05, 4.69) is 4.98 Å². The van der Waals surface area contributed by atoms with Crippen molar-refractivity contribution < 1.29 is 9.90 Å². The second-order valence-corrected chi connectivity index (χ2v) is 4.73. The Bertz CT molecular complexity index is 355. The molecular formula is C10H13NO2S. The van der Waals surface area contributed by atoms with Gasteiger partial charge < -0.3 is 5.11 Å². The molecule has 0 radical (unpaired) electrons. The van der Waals surface area contributed by atoms with Gasteiger partial charge >= 0.3 is 5.97 Å². The molecule has 1 heterocycles. The summed E-state index contributed by atoms with van der Waals surface area (Å²) >= 11 is 1.58. The van der Waals surface area contributed by atoms with Crippen LogP contribution in [0.15, 0.2) is 0 Å². The van der Waals surface area contributed by atoms with E-state index in [0.29, 0.717) is 5.92 Å². The molecule has 76 valence electrons. The van der Waals surface area contributed by atoms with Crippen LogP contribution in [-0.2, 0) is 6.42 Å². The van der Waals surface area contributed by atoms with Crippen molar-refractivity contribution in [3.8, 4) is 0 Å². The second-order valence-electron chi connectivity index (χ2n) is 3.61. The van der Waals surface area contributed by atoms with Crippen LogP contribution in [0.1, 0.15) is 52.5 Å². The third-order valence-corrected chi connectivity index (χ3v) is 4.05. The number of rotatable bonds is 3. The van der Waals surface area contributed by atoms with Gasteiger partial charge in [-0.05, 0) is 19.3 Å². The molecule has 1 saturated carbocycles. The lowest BCUT2D eigenvalue weighted by molar-refractivity contribution is 0.0690. The fourth-order valence-corrected chi connectivity index (χ4v) is 2.77. The van der Waals surface area contributed by atoms with Crippen molar-refractivity contribution in [2.45, 2.75) is 38.5 Å². The summed E-state index contributed by atoms with van der Waals surface area (Å²) in [6.45, 7) is 1.98. The molecule has 0 bridgehead atoms. The van der Waals surface area contributed by atoms with Gasteiger partial charge in [0.2, 0.25) is 0 Å². The second kappa shape index (κ2) is 3.69. The Hall–Kier alpha value is -0.900. The summed E-state index contributed by atoms with van der Waals surface area (Å²) in [5.41, 5.74) is 0.277. The molecule has 1 aromatic heterocycles. The molecule has 3 nitrogen and oxygen atoms in total. The molecule has 0 unspecified atom stereocenters. The molecule has 1 fully saturated rings. The van der Waals surface area contributed by atoms with Gasteiger partial charge in [-0.2, -0.15) is 0 Å². The Morgan fingerprint density at radius 1 is 1.64 bits per heavy atom. The van der Waals surface area contributed by atoms with E-state index >= 15 is 0 Å². The van der Waals surface area contributed by atoms with E-state index in [1.54, 1.807) is 11.3 Å². The first-order valence-electron chi connectivity index (χ1n) is 4.95. The quantitative estimate of drug-likeness (QED) is 0.836. The molecule has 0 spiro atoms. The number of aryl methyl sites for hydroxylation is 1. The van der Waals surface area contributed by atoms with Gasteiger partial charge in [0.1, 0.15) is 0 Å². The average molecular weight is 211 g/mol. The first-order chi connectivity index (χ1) is 6.72. The maximum atomic E-state index is 10.9. The third kappa shape index (κ3) is 1.54. The number of carboxylic acids is 1. The summed E-state index contributed by atoms with van der Waals surface area (Å²) in [7, 11) is 0. The SMILES string of the molecule is CCc1sc(C2CCC2)nc1C(=O)O. The van der Waals surface area contributed by atoms with Crippen molar-refractivity contribution in [1.82, 2.24) is 4.98 Å². The molecule has 2 rings (SSSR count). The summed E-state index contributed by atoms with van der Waals surface area (Å²) in [5.74, 6) is -0.345. The molecule has 0 aromatic carbocycles. The first kappa shape index (κ1) is 9.65. The molecule has 0 saturated heterocycles. The van der Waals surface area contributed by atoms with Crippen molar-refractivity contribution in [3.63, 3.8) is 0 Å². The number of aromatic nitrogens is 1. The van der Waals surface area contributed by atoms with Gasteiger partial charge in [-0.1, -0.05) is 13.3 Å². The van der Waals surface area contributed by atoms with Crippen molar-refractivity contribution in [2.24, 2.45) is 0 Å². The van der Waals surface area contributed by atoms with Crippen molar-refractivity contribution in [3.05, 3.63) is 15.6 Å². The molecular weight excluding hydrogens is 198 g/mol. The Balaban J connectivity index is 2.30. The Morgan fingerprint density at radius 3 is 2.71 bits per heavy atom. The molecule has 1 aliphatic carbocycles. The Kier molecular flexibility index (Phi) is 2.54. The number of aromatic carboxylic acids is 1. The zero-order chi connectivity index (χ0) is 10.1. The summed E-state index contributed by atoms with van der Waals surface area (Å²) < 4.78 is 0. The van der Waals surface area contributed by atoms with Crippen LogP contribution in [0.5, 0.6) is 0 Å². The van der Waals surface area contributed by atoms with Crippen molar-refractivity contribution in [1.29, 1.82) is 0 Å². The van der Waals surface area contributed by atoms with E-state index in [9.17, 15) is 4.79 Å². The van der Waals surface area contributed by atoms with Crippen LogP contribution in [0.4, 0.5) is 0 Å². The summed E-state index contributed by atoms with van der Waals surface area (Å²) in [6.07, 6.45) is 4.38. The van der Waals surface area contributed by atoms with Gasteiger partial charge in [-0.3, -0.25) is 0 Å². The number of carboxylic acid groups (broad SMARTS) is 1. The summed E-state index contributed by atoms with van der Waals surface area (Å²) in [6, 6.07) is 0. The highest BCUT2D eigenvalue weighted by Gasteiger charge is 2.25. The first-order valence-corrected chi connectivity index (χ1v) is 5.77. The molecule has 4 heteroatoms. The average Bonchev–Trinajstić information content (AvgIpc) is 2.45. The van der Waals surface area contributed by atoms with Crippen LogP contribution in [0.2, 0.25) is 0 Å². The highest BCUT2D eigenvalue weighted by Crippen LogP contribution is 2.39. The number of carbonyl (C=O) groups is 1. The lowest BCUT2D eigenvalue weighted by atomic mass is 9.86. The zero-order valence-electron chi connectivity index (χ0n) is 8.12. The van der Waals surface area contributed by atoms with Gasteiger partial charge in [0.05, 0.1) is 5.01 Å². The van der Waals surface area contributed by atoms with E-state index in [-0.39, 0.29) is 5.69 Å². The minimum Gasteiger partial charge on any atom is -0.476 e. The van der Waals surface area contributed by atoms with Crippen LogP contribution >= 0.6 is 11.3 Å². The predicted octanol–water partition coefficient (Wildman–Crippen LogP) is 2.67. The highest BCUT2D eigenvalue weighted by atomic mass is 32.1. The van der Waals surface area contributed by atoms with Gasteiger partial charge in [0, 0.05) is 10.8 Å². The standard InChI is InChI=1S/C10H13NO2S/c1-2-7-8(10(12)13)11-9(14-7)6-4-3-5-6/h6H,2-5H2,1H3,(H,12,13). The molecule has 1 aromatic rings. The van der Waals surface area contributed by atoms with E-state index in [4.69, 9.17) is 5.11 Å². The van der Waals surface area contributed by atoms with Gasteiger partial charge in [0.15, 0.2) is 5.69 Å². The predicted molar refractivity (Wildman–Crippen MR) is 55.0 cm³/mol. The highest BCUT2D eigenvalue weighted by molar-refractivity contribution is 7.12. The molecule has 0 atom stereocenters. The minimum atomic E-state index is -0.885. The van der Waals surface area contributed by atoms with Gasteiger partial charge in [0.25, 0.3) is 0 Å². The monoisotopic (exact) mass is 211 g/mol. The third-order valence-electron chi connectivity index (χ3n) is 2.69. The van der Waals surface area contributed by atoms with E-state index in [1.165, 1.54) is 19.3 Å². The molecule has 14 heavy (non-hydrogen) atoms. The molecule has 1 aliphatic rings. The van der Waals surface area contributed by atoms with Crippen LogP contribution < -0.4 is 0 Å². The fourth-order valence-electron chi connectivity index (χ4n) is 1.61. The van der Waals surface area contributed by atoms with E-state index in [1.807, 2.05) is 6.92 Å². The Labute approximate surface area is 86.8 Å². The number of nitrogens with zero attached hydrogens (tertiary/aromatic N) is 1. The van der Waals surface area contributed by atoms with E-state index < -0.39 is 5.97 Å². The number of thiazole rings is 1. The van der Waals surface area contributed by atoms with Crippen LogP contribution in [0.3, 0.4) is 0 Å². The lowest BCUT2D eigenvalue weighted by Crippen LogP contribution is -2.09. The van der Waals surface area contributed by atoms with Crippen LogP contribution in [0.25, 0.3) is 0 Å². The van der Waals surface area contributed by atoms with Gasteiger partial charge in [-0.15, -0.1) is 11.3 Å². The van der Waals surface area contributed by atoms with E-state index in [0.717, 1.165) is 16.3 Å². The summed E-state index contributed by atoms with van der Waals surface area (Å²) in [5, 5.41) is 9.96. The maximum absolute atomic E-state index is 10.9. The van der Waals surface area contributed by atoms with Crippen LogP contribution in [0, 0.1) is 0 Å². The Morgan fingerprint density at radius 2 is 2.36 bits per heavy atom. The number of hydrogen-bond acceptors (Lipinski definition) is 3. The zero-order valence-corrected chi connectivity index (χ0v) is 8.93. The minimum absolute atomic E-state index is 0.277. The smallest absolute Gasteiger partial charge is 0.355 e. The topological polar surface area (TPSA) is 50.2 Å². The normalized spacial score (nSPS) is 16.6. The fraction of sp³-hybridized carbons (Fsp3) is 0.600. The number of hydrogen-bond donors (Lipinski definition) is 1. The largest absolute Gasteiger partial charge is 0.476 e. The lowest BCUT2D eigenvalue weighted by Gasteiger charge is -2.22. The maximum Gasteiger partial charge on any atom is 0.355 e. The van der Waals surface area contributed by atoms with Crippen LogP contribution in [-0.4, -0.2) is 16.1 Å². The summed E-state index contributed by atoms with van der Waals surface area (Å²) in [4.78, 5) is 16.0. The molecule has 1 N–H and O–H groups in total. The van der Waals surface area contributed by atoms with Crippen molar-refractivity contribution >= 4 is 17.3 Å².